The van der Waals surface area contributed by atoms with Gasteiger partial charge in [0.05, 0.1) is 0 Å². The molecule has 1 amide bonds. The van der Waals surface area contributed by atoms with E-state index in [9.17, 15) is 4.79 Å². The van der Waals surface area contributed by atoms with Crippen LogP contribution in [0.5, 0.6) is 0 Å². The molecule has 6 heteroatoms. The van der Waals surface area contributed by atoms with E-state index >= 15 is 0 Å². The monoisotopic (exact) mass is 310 g/mol. The summed E-state index contributed by atoms with van der Waals surface area (Å²) in [6.07, 6.45) is 3.55. The zero-order valence-corrected chi connectivity index (χ0v) is 13.6. The second-order valence-electron chi connectivity index (χ2n) is 6.52. The van der Waals surface area contributed by atoms with Gasteiger partial charge >= 0.3 is 0 Å². The van der Waals surface area contributed by atoms with Gasteiger partial charge in [-0.05, 0) is 19.3 Å². The number of hydrogen-bond acceptors (Lipinski definition) is 4. The summed E-state index contributed by atoms with van der Waals surface area (Å²) in [5.74, 6) is 1.56. The first-order chi connectivity index (χ1) is 9.84. The minimum atomic E-state index is -0.147. The summed E-state index contributed by atoms with van der Waals surface area (Å²) in [6, 6.07) is 2.14. The topological polar surface area (TPSA) is 66.9 Å². The van der Waals surface area contributed by atoms with Crippen LogP contribution in [0.4, 0.5) is 5.82 Å². The van der Waals surface area contributed by atoms with Crippen molar-refractivity contribution in [2.24, 2.45) is 0 Å². The van der Waals surface area contributed by atoms with Crippen molar-refractivity contribution in [3.05, 3.63) is 17.0 Å². The standard InChI is InChI=1S/C15H23ClN4O/c1-15(2,3)14-19-11(16)9-12(20-14)17-8-4-5-13(21)18-10-6-7-10/h9-10H,4-8H2,1-3H3,(H,18,21)(H,17,19,20). The molecule has 2 rings (SSSR count). The van der Waals surface area contributed by atoms with Gasteiger partial charge in [-0.15, -0.1) is 0 Å². The first kappa shape index (κ1) is 16.0. The van der Waals surface area contributed by atoms with Crippen molar-refractivity contribution in [3.63, 3.8) is 0 Å². The Balaban J connectivity index is 1.79. The molecule has 0 atom stereocenters. The summed E-state index contributed by atoms with van der Waals surface area (Å²) in [5, 5.41) is 6.62. The van der Waals surface area contributed by atoms with Crippen molar-refractivity contribution >= 4 is 23.3 Å². The van der Waals surface area contributed by atoms with Gasteiger partial charge in [0, 0.05) is 30.5 Å². The number of nitrogens with one attached hydrogen (secondary N) is 2. The van der Waals surface area contributed by atoms with Crippen LogP contribution < -0.4 is 10.6 Å². The number of hydrogen-bond donors (Lipinski definition) is 2. The lowest BCUT2D eigenvalue weighted by molar-refractivity contribution is -0.121. The molecule has 5 nitrogen and oxygen atoms in total. The Morgan fingerprint density at radius 1 is 1.38 bits per heavy atom. The van der Waals surface area contributed by atoms with Crippen LogP contribution in [0.3, 0.4) is 0 Å². The van der Waals surface area contributed by atoms with E-state index < -0.39 is 0 Å². The van der Waals surface area contributed by atoms with Gasteiger partial charge in [0.15, 0.2) is 0 Å². The maximum Gasteiger partial charge on any atom is 0.220 e. The Labute approximate surface area is 130 Å². The van der Waals surface area contributed by atoms with Gasteiger partial charge in [0.25, 0.3) is 0 Å². The van der Waals surface area contributed by atoms with Crippen LogP contribution in [-0.2, 0) is 10.2 Å². The molecule has 0 aliphatic heterocycles. The molecule has 0 aromatic carbocycles. The van der Waals surface area contributed by atoms with Gasteiger partial charge < -0.3 is 10.6 Å². The summed E-state index contributed by atoms with van der Waals surface area (Å²) in [7, 11) is 0. The fourth-order valence-corrected chi connectivity index (χ4v) is 2.02. The Morgan fingerprint density at radius 3 is 2.71 bits per heavy atom. The van der Waals surface area contributed by atoms with Crippen LogP contribution in [0, 0.1) is 0 Å². The average molecular weight is 311 g/mol. The second kappa shape index (κ2) is 6.60. The van der Waals surface area contributed by atoms with Gasteiger partial charge in [-0.25, -0.2) is 9.97 Å². The van der Waals surface area contributed by atoms with Crippen LogP contribution in [0.25, 0.3) is 0 Å². The van der Waals surface area contributed by atoms with E-state index in [0.717, 1.165) is 19.3 Å². The van der Waals surface area contributed by atoms with Crippen molar-refractivity contribution in [1.82, 2.24) is 15.3 Å². The van der Waals surface area contributed by atoms with E-state index in [2.05, 4.69) is 20.6 Å². The number of halogens is 1. The normalized spacial score (nSPS) is 14.9. The van der Waals surface area contributed by atoms with Gasteiger partial charge in [-0.1, -0.05) is 32.4 Å². The molecule has 1 saturated carbocycles. The molecule has 1 aliphatic rings. The molecule has 1 aromatic rings. The van der Waals surface area contributed by atoms with Gasteiger partial charge in [0.2, 0.25) is 5.91 Å². The summed E-state index contributed by atoms with van der Waals surface area (Å²) in [5.41, 5.74) is -0.147. The minimum absolute atomic E-state index is 0.135. The maximum absolute atomic E-state index is 11.6. The lowest BCUT2D eigenvalue weighted by Gasteiger charge is -2.17. The minimum Gasteiger partial charge on any atom is -0.370 e. The van der Waals surface area contributed by atoms with Crippen molar-refractivity contribution in [1.29, 1.82) is 0 Å². The van der Waals surface area contributed by atoms with Crippen molar-refractivity contribution in [2.75, 3.05) is 11.9 Å². The van der Waals surface area contributed by atoms with E-state index in [-0.39, 0.29) is 11.3 Å². The molecule has 1 heterocycles. The third-order valence-electron chi connectivity index (χ3n) is 3.19. The highest BCUT2D eigenvalue weighted by atomic mass is 35.5. The Kier molecular flexibility index (Phi) is 5.04. The van der Waals surface area contributed by atoms with E-state index in [1.165, 1.54) is 0 Å². The number of rotatable bonds is 6. The summed E-state index contributed by atoms with van der Waals surface area (Å²) >= 11 is 6.03. The Morgan fingerprint density at radius 2 is 2.10 bits per heavy atom. The SMILES string of the molecule is CC(C)(C)c1nc(Cl)cc(NCCCC(=O)NC2CC2)n1. The molecule has 0 unspecified atom stereocenters. The summed E-state index contributed by atoms with van der Waals surface area (Å²) < 4.78 is 0. The van der Waals surface area contributed by atoms with E-state index in [4.69, 9.17) is 11.6 Å². The number of nitrogens with zero attached hydrogens (tertiary/aromatic N) is 2. The Bertz CT molecular complexity index is 509. The van der Waals surface area contributed by atoms with E-state index in [1.54, 1.807) is 6.07 Å². The van der Waals surface area contributed by atoms with E-state index in [0.29, 0.717) is 35.8 Å². The molecule has 1 aromatic heterocycles. The molecule has 1 fully saturated rings. The second-order valence-corrected chi connectivity index (χ2v) is 6.91. The van der Waals surface area contributed by atoms with Crippen molar-refractivity contribution in [2.45, 2.75) is 57.9 Å². The fourth-order valence-electron chi connectivity index (χ4n) is 1.84. The predicted molar refractivity (Wildman–Crippen MR) is 84.6 cm³/mol. The van der Waals surface area contributed by atoms with Crippen LogP contribution in [0.1, 0.15) is 52.3 Å². The van der Waals surface area contributed by atoms with Gasteiger partial charge in [-0.3, -0.25) is 4.79 Å². The van der Waals surface area contributed by atoms with Crippen LogP contribution in [0.2, 0.25) is 5.15 Å². The molecular weight excluding hydrogens is 288 g/mol. The highest BCUT2D eigenvalue weighted by Crippen LogP contribution is 2.22. The first-order valence-electron chi connectivity index (χ1n) is 7.43. The molecule has 116 valence electrons. The molecule has 1 aliphatic carbocycles. The quantitative estimate of drug-likeness (QED) is 0.626. The smallest absolute Gasteiger partial charge is 0.220 e. The third-order valence-corrected chi connectivity index (χ3v) is 3.39. The zero-order valence-electron chi connectivity index (χ0n) is 12.9. The van der Waals surface area contributed by atoms with Gasteiger partial charge in [-0.2, -0.15) is 0 Å². The van der Waals surface area contributed by atoms with Crippen LogP contribution in [-0.4, -0.2) is 28.5 Å². The number of anilines is 1. The molecule has 0 radical (unpaired) electrons. The maximum atomic E-state index is 11.6. The molecular formula is C15H23ClN4O. The number of carbonyl (C=O) groups is 1. The lowest BCUT2D eigenvalue weighted by atomic mass is 9.96. The average Bonchev–Trinajstić information content (AvgIpc) is 3.17. The summed E-state index contributed by atoms with van der Waals surface area (Å²) in [6.45, 7) is 6.83. The van der Waals surface area contributed by atoms with Crippen molar-refractivity contribution in [3.8, 4) is 0 Å². The van der Waals surface area contributed by atoms with Crippen LogP contribution >= 0.6 is 11.6 Å². The number of amides is 1. The third kappa shape index (κ3) is 5.50. The van der Waals surface area contributed by atoms with Crippen LogP contribution in [0.15, 0.2) is 6.07 Å². The fraction of sp³-hybridized carbons (Fsp3) is 0.667. The molecule has 21 heavy (non-hydrogen) atoms. The first-order valence-corrected chi connectivity index (χ1v) is 7.81. The predicted octanol–water partition coefficient (Wildman–Crippen LogP) is 2.90. The summed E-state index contributed by atoms with van der Waals surface area (Å²) in [4.78, 5) is 20.3. The van der Waals surface area contributed by atoms with Gasteiger partial charge in [0.1, 0.15) is 16.8 Å². The number of carbonyl (C=O) groups excluding carboxylic acids is 1. The highest BCUT2D eigenvalue weighted by molar-refractivity contribution is 6.29. The largest absolute Gasteiger partial charge is 0.370 e. The number of aromatic nitrogens is 2. The lowest BCUT2D eigenvalue weighted by Crippen LogP contribution is -2.25. The molecule has 2 N–H and O–H groups in total. The van der Waals surface area contributed by atoms with E-state index in [1.807, 2.05) is 20.8 Å². The Hall–Kier alpha value is -1.36. The molecule has 0 saturated heterocycles. The zero-order chi connectivity index (χ0) is 15.5. The molecule has 0 spiro atoms. The molecule has 0 bridgehead atoms. The highest BCUT2D eigenvalue weighted by Gasteiger charge is 2.22. The van der Waals surface area contributed by atoms with Crippen molar-refractivity contribution < 1.29 is 4.79 Å².